The first-order chi connectivity index (χ1) is 15.3. The topological polar surface area (TPSA) is 225 Å². The lowest BCUT2D eigenvalue weighted by molar-refractivity contribution is -0.142. The van der Waals surface area contributed by atoms with Crippen LogP contribution < -0.4 is 21.7 Å². The fourth-order valence-electron chi connectivity index (χ4n) is 2.70. The Balaban J connectivity index is 5.53. The van der Waals surface area contributed by atoms with Crippen LogP contribution in [0.25, 0.3) is 0 Å². The van der Waals surface area contributed by atoms with E-state index in [-0.39, 0.29) is 24.5 Å². The van der Waals surface area contributed by atoms with E-state index in [1.165, 1.54) is 0 Å². The van der Waals surface area contributed by atoms with Crippen LogP contribution in [-0.2, 0) is 28.8 Å². The van der Waals surface area contributed by atoms with Crippen molar-refractivity contribution in [3.63, 3.8) is 0 Å². The summed E-state index contributed by atoms with van der Waals surface area (Å²) in [5.74, 6) is -6.65. The number of aliphatic carboxylic acids is 3. The molecular formula is C19H32N4O9S. The first-order valence-corrected chi connectivity index (χ1v) is 10.9. The molecule has 3 amide bonds. The molecule has 0 aliphatic rings. The number of nitrogens with one attached hydrogen (secondary N) is 3. The lowest BCUT2D eigenvalue weighted by Gasteiger charge is -2.25. The minimum Gasteiger partial charge on any atom is -0.481 e. The van der Waals surface area contributed by atoms with Crippen molar-refractivity contribution >= 4 is 48.3 Å². The number of thiol groups is 1. The molecule has 0 aliphatic carbocycles. The molecular weight excluding hydrogens is 460 g/mol. The van der Waals surface area contributed by atoms with Gasteiger partial charge in [0.2, 0.25) is 17.7 Å². The third kappa shape index (κ3) is 12.7. The van der Waals surface area contributed by atoms with Crippen molar-refractivity contribution in [3.05, 3.63) is 0 Å². The number of amides is 3. The van der Waals surface area contributed by atoms with Gasteiger partial charge in [-0.3, -0.25) is 24.0 Å². The van der Waals surface area contributed by atoms with Crippen LogP contribution in [-0.4, -0.2) is 80.9 Å². The zero-order valence-corrected chi connectivity index (χ0v) is 19.3. The van der Waals surface area contributed by atoms with E-state index in [4.69, 9.17) is 21.1 Å². The highest BCUT2D eigenvalue weighted by atomic mass is 32.1. The molecule has 188 valence electrons. The minimum atomic E-state index is -1.45. The van der Waals surface area contributed by atoms with Crippen molar-refractivity contribution in [2.24, 2.45) is 11.7 Å². The number of hydrogen-bond donors (Lipinski definition) is 8. The molecule has 0 radical (unpaired) electrons. The van der Waals surface area contributed by atoms with Crippen LogP contribution in [0.2, 0.25) is 0 Å². The summed E-state index contributed by atoms with van der Waals surface area (Å²) in [4.78, 5) is 70.6. The fourth-order valence-corrected chi connectivity index (χ4v) is 2.94. The van der Waals surface area contributed by atoms with Crippen LogP contribution >= 0.6 is 12.6 Å². The monoisotopic (exact) mass is 492 g/mol. The molecule has 33 heavy (non-hydrogen) atoms. The molecule has 4 atom stereocenters. The van der Waals surface area contributed by atoms with E-state index < -0.39 is 72.6 Å². The number of carbonyl (C=O) groups excluding carboxylic acids is 3. The quantitative estimate of drug-likeness (QED) is 0.117. The molecule has 0 aliphatic heterocycles. The van der Waals surface area contributed by atoms with Crippen LogP contribution in [0.3, 0.4) is 0 Å². The van der Waals surface area contributed by atoms with Crippen molar-refractivity contribution in [3.8, 4) is 0 Å². The summed E-state index contributed by atoms with van der Waals surface area (Å²) >= 11 is 3.82. The highest BCUT2D eigenvalue weighted by Gasteiger charge is 2.30. The fraction of sp³-hybridized carbons (Fsp3) is 0.684. The summed E-state index contributed by atoms with van der Waals surface area (Å²) in [6.45, 7) is 3.67. The Kier molecular flexibility index (Phi) is 13.7. The largest absolute Gasteiger partial charge is 0.481 e. The van der Waals surface area contributed by atoms with Gasteiger partial charge in [0.25, 0.3) is 0 Å². The minimum absolute atomic E-state index is 0.0788. The van der Waals surface area contributed by atoms with E-state index in [0.717, 1.165) is 0 Å². The highest BCUT2D eigenvalue weighted by Crippen LogP contribution is 2.07. The summed E-state index contributed by atoms with van der Waals surface area (Å²) in [7, 11) is 0. The summed E-state index contributed by atoms with van der Waals surface area (Å²) in [5, 5.41) is 33.7. The molecule has 0 bridgehead atoms. The van der Waals surface area contributed by atoms with Crippen molar-refractivity contribution in [2.75, 3.05) is 5.75 Å². The van der Waals surface area contributed by atoms with Crippen LogP contribution in [0.15, 0.2) is 0 Å². The molecule has 0 heterocycles. The molecule has 13 nitrogen and oxygen atoms in total. The van der Waals surface area contributed by atoms with E-state index in [2.05, 4.69) is 28.6 Å². The normalized spacial score (nSPS) is 14.5. The maximum Gasteiger partial charge on any atom is 0.327 e. The maximum absolute atomic E-state index is 12.8. The number of nitrogens with two attached hydrogens (primary N) is 1. The first-order valence-electron chi connectivity index (χ1n) is 10.2. The van der Waals surface area contributed by atoms with Gasteiger partial charge >= 0.3 is 17.9 Å². The van der Waals surface area contributed by atoms with Gasteiger partial charge in [-0.15, -0.1) is 0 Å². The molecule has 4 unspecified atom stereocenters. The summed E-state index contributed by atoms with van der Waals surface area (Å²) in [5.41, 5.74) is 5.80. The second-order valence-corrected chi connectivity index (χ2v) is 8.17. The average Bonchev–Trinajstić information content (AvgIpc) is 2.70. The Morgan fingerprint density at radius 2 is 1.15 bits per heavy atom. The molecule has 0 rings (SSSR count). The average molecular weight is 493 g/mol. The second-order valence-electron chi connectivity index (χ2n) is 7.81. The van der Waals surface area contributed by atoms with Gasteiger partial charge < -0.3 is 37.0 Å². The molecule has 0 aromatic rings. The van der Waals surface area contributed by atoms with Gasteiger partial charge in [-0.25, -0.2) is 4.79 Å². The van der Waals surface area contributed by atoms with Gasteiger partial charge in [-0.2, -0.15) is 12.6 Å². The lowest BCUT2D eigenvalue weighted by Crippen LogP contribution is -2.57. The zero-order chi connectivity index (χ0) is 25.7. The van der Waals surface area contributed by atoms with E-state index in [1.807, 2.05) is 13.8 Å². The molecule has 0 fully saturated rings. The molecule has 0 saturated carbocycles. The first kappa shape index (κ1) is 30.1. The molecule has 0 spiro atoms. The van der Waals surface area contributed by atoms with Crippen LogP contribution in [0, 0.1) is 5.92 Å². The number of carbonyl (C=O) groups is 6. The van der Waals surface area contributed by atoms with Crippen LogP contribution in [0.4, 0.5) is 0 Å². The lowest BCUT2D eigenvalue weighted by atomic mass is 10.0. The maximum atomic E-state index is 12.8. The van der Waals surface area contributed by atoms with Crippen molar-refractivity contribution < 1.29 is 44.1 Å². The standard InChI is InChI=1S/C19H32N4O9S/c1-9(2)7-10(20)16(28)21-11(3-5-14(24)25)17(29)22-12(4-6-15(26)27)18(30)23-13(8-33)19(31)32/h9-13,33H,3-8,20H2,1-2H3,(H,21,28)(H,22,29)(H,23,30)(H,24,25)(H,26,27)(H,31,32). The molecule has 8 N–H and O–H groups in total. The van der Waals surface area contributed by atoms with Gasteiger partial charge in [-0.1, -0.05) is 13.8 Å². The Morgan fingerprint density at radius 3 is 1.48 bits per heavy atom. The predicted molar refractivity (Wildman–Crippen MR) is 118 cm³/mol. The van der Waals surface area contributed by atoms with E-state index in [9.17, 15) is 28.8 Å². The number of carboxylic acid groups (broad SMARTS) is 3. The third-order valence-electron chi connectivity index (χ3n) is 4.42. The SMILES string of the molecule is CC(C)CC(N)C(=O)NC(CCC(=O)O)C(=O)NC(CCC(=O)O)C(=O)NC(CS)C(=O)O. The predicted octanol–water partition coefficient (Wildman–Crippen LogP) is -1.44. The van der Waals surface area contributed by atoms with Crippen molar-refractivity contribution in [1.29, 1.82) is 0 Å². The van der Waals surface area contributed by atoms with Crippen molar-refractivity contribution in [1.82, 2.24) is 16.0 Å². The molecule has 14 heteroatoms. The number of hydrogen-bond acceptors (Lipinski definition) is 8. The van der Waals surface area contributed by atoms with E-state index in [1.54, 1.807) is 0 Å². The Hall–Kier alpha value is -2.87. The van der Waals surface area contributed by atoms with Gasteiger partial charge in [-0.05, 0) is 25.2 Å². The second kappa shape index (κ2) is 15.1. The van der Waals surface area contributed by atoms with E-state index >= 15 is 0 Å². The molecule has 0 aromatic carbocycles. The van der Waals surface area contributed by atoms with Gasteiger partial charge in [0.1, 0.15) is 18.1 Å². The smallest absolute Gasteiger partial charge is 0.327 e. The Bertz CT molecular complexity index is 732. The molecule has 0 saturated heterocycles. The Morgan fingerprint density at radius 1 is 0.758 bits per heavy atom. The van der Waals surface area contributed by atoms with Gasteiger partial charge in [0.05, 0.1) is 6.04 Å². The number of rotatable bonds is 16. The zero-order valence-electron chi connectivity index (χ0n) is 18.4. The molecule has 0 aromatic heterocycles. The van der Waals surface area contributed by atoms with E-state index in [0.29, 0.717) is 6.42 Å². The third-order valence-corrected chi connectivity index (χ3v) is 4.78. The highest BCUT2D eigenvalue weighted by molar-refractivity contribution is 7.80. The summed E-state index contributed by atoms with van der Waals surface area (Å²) < 4.78 is 0. The van der Waals surface area contributed by atoms with Crippen LogP contribution in [0.1, 0.15) is 46.0 Å². The van der Waals surface area contributed by atoms with Gasteiger partial charge in [0.15, 0.2) is 0 Å². The van der Waals surface area contributed by atoms with Crippen LogP contribution in [0.5, 0.6) is 0 Å². The van der Waals surface area contributed by atoms with Gasteiger partial charge in [0, 0.05) is 18.6 Å². The number of carboxylic acids is 3. The summed E-state index contributed by atoms with van der Waals surface area (Å²) in [6.07, 6.45) is -1.39. The Labute approximate surface area is 196 Å². The van der Waals surface area contributed by atoms with Crippen molar-refractivity contribution in [2.45, 2.75) is 70.1 Å². The summed E-state index contributed by atoms with van der Waals surface area (Å²) in [6, 6.07) is -5.17.